The highest BCUT2D eigenvalue weighted by molar-refractivity contribution is 5.75. The van der Waals surface area contributed by atoms with Crippen molar-refractivity contribution in [2.24, 2.45) is 5.73 Å². The Morgan fingerprint density at radius 1 is 1.79 bits per heavy atom. The quantitative estimate of drug-likeness (QED) is 0.560. The lowest BCUT2D eigenvalue weighted by molar-refractivity contribution is -0.142. The molecule has 0 bridgehead atoms. The molecule has 0 radical (unpaired) electrons. The molecule has 1 heterocycles. The molecule has 5 heteroatoms. The number of hydrogen-bond donors (Lipinski definition) is 2. The summed E-state index contributed by atoms with van der Waals surface area (Å²) in [5, 5.41) is 3.33. The van der Waals surface area contributed by atoms with Gasteiger partial charge in [-0.15, -0.1) is 0 Å². The lowest BCUT2D eigenvalue weighted by Crippen LogP contribution is -2.53. The molecule has 1 fully saturated rings. The van der Waals surface area contributed by atoms with Gasteiger partial charge in [0.15, 0.2) is 0 Å². The largest absolute Gasteiger partial charge is 0.468 e. The highest BCUT2D eigenvalue weighted by Crippen LogP contribution is 1.99. The number of nitrogens with one attached hydrogen (secondary N) is 1. The Balaban J connectivity index is 2.32. The minimum absolute atomic E-state index is 0.337. The van der Waals surface area contributed by atoms with E-state index in [2.05, 4.69) is 21.9 Å². The summed E-state index contributed by atoms with van der Waals surface area (Å²) in [5.74, 6) is -0.337. The number of carbonyl (C=O) groups excluding carboxylic acids is 1. The zero-order valence-electron chi connectivity index (χ0n) is 8.82. The molecular weight excluding hydrogens is 182 g/mol. The number of esters is 1. The molecule has 1 rings (SSSR count). The fourth-order valence-corrected chi connectivity index (χ4v) is 1.68. The third-order valence-electron chi connectivity index (χ3n) is 2.41. The maximum atomic E-state index is 11.1. The maximum absolute atomic E-state index is 11.1. The molecule has 0 saturated carbocycles. The smallest absolute Gasteiger partial charge is 0.323 e. The first kappa shape index (κ1) is 11.4. The first-order valence-electron chi connectivity index (χ1n) is 4.92. The van der Waals surface area contributed by atoms with Crippen LogP contribution in [0, 0.1) is 0 Å². The van der Waals surface area contributed by atoms with E-state index in [9.17, 15) is 4.79 Å². The molecule has 0 aromatic carbocycles. The van der Waals surface area contributed by atoms with Crippen molar-refractivity contribution in [3.63, 3.8) is 0 Å². The topological polar surface area (TPSA) is 67.6 Å². The zero-order chi connectivity index (χ0) is 10.6. The molecule has 0 aliphatic carbocycles. The van der Waals surface area contributed by atoms with Gasteiger partial charge in [-0.3, -0.25) is 9.69 Å². The third-order valence-corrected chi connectivity index (χ3v) is 2.41. The molecule has 3 N–H and O–H groups in total. The second kappa shape index (κ2) is 5.29. The highest BCUT2D eigenvalue weighted by atomic mass is 16.5. The van der Waals surface area contributed by atoms with E-state index in [-0.39, 0.29) is 5.97 Å². The van der Waals surface area contributed by atoms with Crippen molar-refractivity contribution in [3.05, 3.63) is 0 Å². The molecular formula is C9H19N3O2. The zero-order valence-corrected chi connectivity index (χ0v) is 8.82. The molecule has 1 aliphatic heterocycles. The van der Waals surface area contributed by atoms with Gasteiger partial charge >= 0.3 is 5.97 Å². The first-order valence-corrected chi connectivity index (χ1v) is 4.92. The van der Waals surface area contributed by atoms with Gasteiger partial charge in [0.05, 0.1) is 7.11 Å². The van der Waals surface area contributed by atoms with E-state index < -0.39 is 6.04 Å². The average molecular weight is 201 g/mol. The fraction of sp³-hybridized carbons (Fsp3) is 0.889. The molecule has 0 aromatic rings. The van der Waals surface area contributed by atoms with Crippen LogP contribution in [0.1, 0.15) is 6.92 Å². The Morgan fingerprint density at radius 2 is 2.50 bits per heavy atom. The number of rotatable bonds is 3. The predicted molar refractivity (Wildman–Crippen MR) is 53.9 cm³/mol. The van der Waals surface area contributed by atoms with Crippen LogP contribution in [0.15, 0.2) is 0 Å². The molecule has 82 valence electrons. The number of methoxy groups -OCH3 is 1. The normalized spacial score (nSPS) is 25.8. The molecule has 2 atom stereocenters. The molecule has 0 spiro atoms. The Bertz CT molecular complexity index is 198. The van der Waals surface area contributed by atoms with E-state index >= 15 is 0 Å². The molecule has 14 heavy (non-hydrogen) atoms. The van der Waals surface area contributed by atoms with E-state index in [1.165, 1.54) is 7.11 Å². The third kappa shape index (κ3) is 3.25. The number of ether oxygens (including phenoxy) is 1. The molecule has 1 saturated heterocycles. The second-order valence-electron chi connectivity index (χ2n) is 3.74. The van der Waals surface area contributed by atoms with Gasteiger partial charge in [-0.05, 0) is 6.92 Å². The summed E-state index contributed by atoms with van der Waals surface area (Å²) < 4.78 is 4.57. The minimum Gasteiger partial charge on any atom is -0.468 e. The number of nitrogens with zero attached hydrogens (tertiary/aromatic N) is 1. The summed E-state index contributed by atoms with van der Waals surface area (Å²) in [6.45, 7) is 5.53. The van der Waals surface area contributed by atoms with Crippen LogP contribution in [0.4, 0.5) is 0 Å². The van der Waals surface area contributed by atoms with Gasteiger partial charge in [-0.2, -0.15) is 0 Å². The summed E-state index contributed by atoms with van der Waals surface area (Å²) in [6, 6.07) is -0.0566. The van der Waals surface area contributed by atoms with Crippen LogP contribution in [0.2, 0.25) is 0 Å². The lowest BCUT2D eigenvalue weighted by Gasteiger charge is -2.32. The van der Waals surface area contributed by atoms with E-state index in [0.29, 0.717) is 12.6 Å². The standard InChI is InChI=1S/C9H19N3O2/c1-7-5-12(4-3-11-7)6-8(10)9(13)14-2/h7-8,11H,3-6,10H2,1-2H3. The van der Waals surface area contributed by atoms with Crippen molar-refractivity contribution in [2.75, 3.05) is 33.3 Å². The van der Waals surface area contributed by atoms with Gasteiger partial charge in [0, 0.05) is 32.2 Å². The van der Waals surface area contributed by atoms with Gasteiger partial charge in [-0.25, -0.2) is 0 Å². The van der Waals surface area contributed by atoms with Crippen LogP contribution in [0.5, 0.6) is 0 Å². The van der Waals surface area contributed by atoms with Gasteiger partial charge < -0.3 is 15.8 Å². The van der Waals surface area contributed by atoms with Crippen LogP contribution < -0.4 is 11.1 Å². The van der Waals surface area contributed by atoms with E-state index in [4.69, 9.17) is 5.73 Å². The van der Waals surface area contributed by atoms with Crippen molar-refractivity contribution in [2.45, 2.75) is 19.0 Å². The Kier molecular flexibility index (Phi) is 4.31. The molecule has 1 aliphatic rings. The van der Waals surface area contributed by atoms with E-state index in [1.807, 2.05) is 0 Å². The summed E-state index contributed by atoms with van der Waals surface area (Å²) in [4.78, 5) is 13.3. The number of hydrogen-bond acceptors (Lipinski definition) is 5. The number of piperazine rings is 1. The molecule has 0 aromatic heterocycles. The summed E-state index contributed by atoms with van der Waals surface area (Å²) in [6.07, 6.45) is 0. The van der Waals surface area contributed by atoms with Gasteiger partial charge in [-0.1, -0.05) is 0 Å². The summed E-state index contributed by atoms with van der Waals surface area (Å²) in [5.41, 5.74) is 5.67. The molecule has 2 unspecified atom stereocenters. The van der Waals surface area contributed by atoms with Gasteiger partial charge in [0.2, 0.25) is 0 Å². The second-order valence-corrected chi connectivity index (χ2v) is 3.74. The van der Waals surface area contributed by atoms with Crippen LogP contribution in [0.25, 0.3) is 0 Å². The van der Waals surface area contributed by atoms with Gasteiger partial charge in [0.1, 0.15) is 6.04 Å². The van der Waals surface area contributed by atoms with Crippen molar-refractivity contribution in [1.82, 2.24) is 10.2 Å². The Hall–Kier alpha value is -0.650. The van der Waals surface area contributed by atoms with Crippen LogP contribution >= 0.6 is 0 Å². The average Bonchev–Trinajstić information content (AvgIpc) is 2.16. The van der Waals surface area contributed by atoms with Gasteiger partial charge in [0.25, 0.3) is 0 Å². The van der Waals surface area contributed by atoms with Crippen molar-refractivity contribution >= 4 is 5.97 Å². The van der Waals surface area contributed by atoms with Crippen molar-refractivity contribution < 1.29 is 9.53 Å². The minimum atomic E-state index is -0.523. The Morgan fingerprint density at radius 3 is 3.07 bits per heavy atom. The van der Waals surface area contributed by atoms with Crippen molar-refractivity contribution in [3.8, 4) is 0 Å². The monoisotopic (exact) mass is 201 g/mol. The molecule has 0 amide bonds. The summed E-state index contributed by atoms with van der Waals surface area (Å²) in [7, 11) is 1.36. The van der Waals surface area contributed by atoms with E-state index in [1.54, 1.807) is 0 Å². The SMILES string of the molecule is COC(=O)C(N)CN1CCNC(C)C1. The Labute approximate surface area is 84.6 Å². The van der Waals surface area contributed by atoms with Crippen LogP contribution in [-0.2, 0) is 9.53 Å². The first-order chi connectivity index (χ1) is 6.63. The van der Waals surface area contributed by atoms with Crippen LogP contribution in [0.3, 0.4) is 0 Å². The number of carbonyl (C=O) groups is 1. The predicted octanol–water partition coefficient (Wildman–Crippen LogP) is -1.22. The fourth-order valence-electron chi connectivity index (χ4n) is 1.68. The van der Waals surface area contributed by atoms with E-state index in [0.717, 1.165) is 19.6 Å². The van der Waals surface area contributed by atoms with Crippen LogP contribution in [-0.4, -0.2) is 56.2 Å². The number of nitrogens with two attached hydrogens (primary N) is 1. The van der Waals surface area contributed by atoms with Crippen molar-refractivity contribution in [1.29, 1.82) is 0 Å². The maximum Gasteiger partial charge on any atom is 0.323 e. The molecule has 5 nitrogen and oxygen atoms in total. The highest BCUT2D eigenvalue weighted by Gasteiger charge is 2.21. The lowest BCUT2D eigenvalue weighted by atomic mass is 10.2. The summed E-state index contributed by atoms with van der Waals surface area (Å²) >= 11 is 0.